The van der Waals surface area contributed by atoms with Crippen molar-refractivity contribution < 1.29 is 51.1 Å². The molecule has 1 aliphatic rings. The first-order chi connectivity index (χ1) is 20.8. The number of carbonyl (C=O) groups excluding carboxylic acids is 2. The van der Waals surface area contributed by atoms with Crippen LogP contribution in [-0.4, -0.2) is 76.7 Å². The van der Waals surface area contributed by atoms with E-state index in [1.54, 1.807) is 18.2 Å². The fraction of sp³-hybridized carbons (Fsp3) is 0.448. The molecule has 2 amide bonds. The van der Waals surface area contributed by atoms with E-state index in [1.807, 2.05) is 18.2 Å². The molecule has 4 unspecified atom stereocenters. The normalized spacial score (nSPS) is 18.7. The van der Waals surface area contributed by atoms with Gasteiger partial charge in [-0.15, -0.1) is 0 Å². The number of methoxy groups -OCH3 is 2. The van der Waals surface area contributed by atoms with Crippen molar-refractivity contribution in [2.24, 2.45) is 0 Å². The summed E-state index contributed by atoms with van der Waals surface area (Å²) < 4.78 is 66.7. The molecule has 0 saturated carbocycles. The molecule has 1 heterocycles. The Balaban J connectivity index is 1.61. The third-order valence-corrected chi connectivity index (χ3v) is 7.68. The molecule has 236 valence electrons. The summed E-state index contributed by atoms with van der Waals surface area (Å²) in [6.07, 6.45) is 2.23. The summed E-state index contributed by atoms with van der Waals surface area (Å²) in [6, 6.07) is 13.6. The van der Waals surface area contributed by atoms with Gasteiger partial charge in [0.25, 0.3) is 0 Å². The van der Waals surface area contributed by atoms with E-state index in [9.17, 15) is 18.5 Å². The molecule has 0 aromatic heterocycles. The van der Waals surface area contributed by atoms with E-state index in [0.29, 0.717) is 24.8 Å². The van der Waals surface area contributed by atoms with Crippen molar-refractivity contribution in [2.75, 3.05) is 41.1 Å². The van der Waals surface area contributed by atoms with Gasteiger partial charge >= 0.3 is 7.82 Å². The lowest BCUT2D eigenvalue weighted by Gasteiger charge is -2.24. The number of likely N-dealkylation sites (N-methyl/N-ethyl adjacent to an activating group) is 1. The van der Waals surface area contributed by atoms with Crippen LogP contribution in [0.3, 0.4) is 0 Å². The van der Waals surface area contributed by atoms with Gasteiger partial charge < -0.3 is 24.3 Å². The zero-order chi connectivity index (χ0) is 31.1. The number of amides is 2. The Hall–Kier alpha value is -3.16. The summed E-state index contributed by atoms with van der Waals surface area (Å²) in [5.74, 6) is -0.776. The molecule has 1 saturated heterocycles. The maximum absolute atomic E-state index is 14.1. The third kappa shape index (κ3) is 11.5. The topological polar surface area (TPSA) is 131 Å². The summed E-state index contributed by atoms with van der Waals surface area (Å²) in [7, 11) is 0.182. The summed E-state index contributed by atoms with van der Waals surface area (Å²) in [5, 5.41) is 2.43. The third-order valence-electron chi connectivity index (χ3n) is 6.31. The second-order valence-corrected chi connectivity index (χ2v) is 11.1. The van der Waals surface area contributed by atoms with E-state index in [1.165, 1.54) is 50.6 Å². The van der Waals surface area contributed by atoms with Crippen molar-refractivity contribution in [1.82, 2.24) is 10.2 Å². The molecule has 1 aliphatic heterocycles. The van der Waals surface area contributed by atoms with Crippen molar-refractivity contribution in [2.45, 2.75) is 44.5 Å². The second-order valence-electron chi connectivity index (χ2n) is 9.43. The number of phosphoric ester groups is 1. The van der Waals surface area contributed by atoms with Crippen LogP contribution in [0.15, 0.2) is 60.8 Å². The van der Waals surface area contributed by atoms with Gasteiger partial charge in [-0.25, -0.2) is 8.96 Å². The average Bonchev–Trinajstić information content (AvgIpc) is 3.50. The van der Waals surface area contributed by atoms with Gasteiger partial charge in [0, 0.05) is 26.4 Å². The largest absolute Gasteiger partial charge is 0.494 e. The van der Waals surface area contributed by atoms with Crippen LogP contribution in [0, 0.1) is 5.82 Å². The zero-order valence-corrected chi connectivity index (χ0v) is 25.3. The van der Waals surface area contributed by atoms with Gasteiger partial charge in [-0.3, -0.25) is 28.1 Å². The van der Waals surface area contributed by atoms with E-state index in [-0.39, 0.29) is 44.7 Å². The van der Waals surface area contributed by atoms with Crippen LogP contribution < -0.4 is 10.1 Å². The Labute approximate surface area is 250 Å². The van der Waals surface area contributed by atoms with Crippen molar-refractivity contribution in [3.8, 4) is 5.75 Å². The van der Waals surface area contributed by atoms with Gasteiger partial charge in [-0.1, -0.05) is 36.4 Å². The molecule has 1 N–H and O–H groups in total. The summed E-state index contributed by atoms with van der Waals surface area (Å²) in [5.41, 5.74) is 1.31. The van der Waals surface area contributed by atoms with Crippen molar-refractivity contribution in [1.29, 1.82) is 0 Å². The Morgan fingerprint density at radius 3 is 2.56 bits per heavy atom. The van der Waals surface area contributed by atoms with Crippen molar-refractivity contribution >= 4 is 20.1 Å². The summed E-state index contributed by atoms with van der Waals surface area (Å²) in [6.45, 7) is -0.273. The predicted octanol–water partition coefficient (Wildman–Crippen LogP) is 3.95. The first-order valence-electron chi connectivity index (χ1n) is 13.6. The van der Waals surface area contributed by atoms with Crippen LogP contribution in [0.4, 0.5) is 4.39 Å². The number of hydrogen-bond donors (Lipinski definition) is 1. The van der Waals surface area contributed by atoms with E-state index >= 15 is 0 Å². The lowest BCUT2D eigenvalue weighted by Crippen LogP contribution is -2.31. The minimum atomic E-state index is -4.15. The molecule has 14 heteroatoms. The number of benzene rings is 2. The minimum absolute atomic E-state index is 0.0349. The number of nitrogens with zero attached hydrogens (tertiary/aromatic N) is 1. The Morgan fingerprint density at radius 2 is 1.88 bits per heavy atom. The zero-order valence-electron chi connectivity index (χ0n) is 24.4. The molecule has 2 aromatic rings. The van der Waals surface area contributed by atoms with E-state index < -0.39 is 32.1 Å². The highest BCUT2D eigenvalue weighted by molar-refractivity contribution is 7.48. The highest BCUT2D eigenvalue weighted by atomic mass is 31.2. The molecule has 2 aromatic carbocycles. The number of nitrogens with one attached hydrogen (secondary N) is 1. The van der Waals surface area contributed by atoms with Gasteiger partial charge in [0.1, 0.15) is 12.3 Å². The van der Waals surface area contributed by atoms with Crippen LogP contribution >= 0.6 is 7.82 Å². The van der Waals surface area contributed by atoms with E-state index in [4.69, 9.17) is 32.5 Å². The number of halogens is 1. The molecule has 4 atom stereocenters. The molecule has 43 heavy (non-hydrogen) atoms. The number of ether oxygens (including phenoxy) is 4. The molecule has 0 radical (unpaired) electrons. The summed E-state index contributed by atoms with van der Waals surface area (Å²) >= 11 is 0. The van der Waals surface area contributed by atoms with E-state index in [2.05, 4.69) is 5.32 Å². The van der Waals surface area contributed by atoms with E-state index in [0.717, 1.165) is 5.56 Å². The molecular weight excluding hydrogens is 586 g/mol. The number of phosphoric acid groups is 1. The van der Waals surface area contributed by atoms with Gasteiger partial charge in [0.2, 0.25) is 12.3 Å². The number of rotatable bonds is 19. The fourth-order valence-electron chi connectivity index (χ4n) is 4.00. The van der Waals surface area contributed by atoms with Gasteiger partial charge in [0.05, 0.1) is 46.2 Å². The molecule has 0 aliphatic carbocycles. The van der Waals surface area contributed by atoms with Crippen LogP contribution in [0.5, 0.6) is 5.75 Å². The highest BCUT2D eigenvalue weighted by Gasteiger charge is 2.34. The molecule has 0 spiro atoms. The van der Waals surface area contributed by atoms with Crippen molar-refractivity contribution in [3.63, 3.8) is 0 Å². The van der Waals surface area contributed by atoms with Crippen LogP contribution in [0.25, 0.3) is 0 Å². The molecule has 0 bridgehead atoms. The standard InChI is InChI=1S/C29H38FN2O10P/c1-31-28(34)13-14-32(21-33)29-12-10-24(42-29)19-40-43(35,39-17-22-7-5-4-6-8-22)41-20-25(18-36-2)38-16-23-9-11-27(37-3)26(30)15-23/h4-9,11,13-15,21,24-25,29H,10,12,16-20H2,1-3H3,(H,31,34)/b14-13-. The van der Waals surface area contributed by atoms with Gasteiger partial charge in [-0.05, 0) is 36.1 Å². The predicted molar refractivity (Wildman–Crippen MR) is 153 cm³/mol. The van der Waals surface area contributed by atoms with Crippen LogP contribution in [0.2, 0.25) is 0 Å². The SMILES string of the molecule is CNC(=O)/C=C\N(C=O)C1CCC(COP(=O)(OCc2ccccc2)OCC(COC)OCc2ccc(OC)c(F)c2)O1. The Morgan fingerprint density at radius 1 is 1.09 bits per heavy atom. The maximum Gasteiger partial charge on any atom is 0.475 e. The molecule has 12 nitrogen and oxygen atoms in total. The first kappa shape index (κ1) is 34.3. The van der Waals surface area contributed by atoms with Crippen molar-refractivity contribution in [3.05, 3.63) is 77.8 Å². The first-order valence-corrected chi connectivity index (χ1v) is 15.0. The smallest absolute Gasteiger partial charge is 0.475 e. The molecular formula is C29H38FN2O10P. The monoisotopic (exact) mass is 624 g/mol. The van der Waals surface area contributed by atoms with Gasteiger partial charge in [-0.2, -0.15) is 0 Å². The van der Waals surface area contributed by atoms with Crippen LogP contribution in [0.1, 0.15) is 24.0 Å². The number of hydrogen-bond acceptors (Lipinski definition) is 10. The average molecular weight is 625 g/mol. The van der Waals surface area contributed by atoms with Gasteiger partial charge in [0.15, 0.2) is 11.6 Å². The molecule has 3 rings (SSSR count). The second kappa shape index (κ2) is 17.8. The summed E-state index contributed by atoms with van der Waals surface area (Å²) in [4.78, 5) is 24.3. The lowest BCUT2D eigenvalue weighted by atomic mass is 10.2. The van der Waals surface area contributed by atoms with Crippen LogP contribution in [-0.2, 0) is 55.1 Å². The Bertz CT molecular complexity index is 1240. The molecule has 1 fully saturated rings. The Kier molecular flexibility index (Phi) is 14.2. The number of carbonyl (C=O) groups is 2. The fourth-order valence-corrected chi connectivity index (χ4v) is 5.23. The quantitative estimate of drug-likeness (QED) is 0.139. The lowest BCUT2D eigenvalue weighted by molar-refractivity contribution is -0.127. The minimum Gasteiger partial charge on any atom is -0.494 e. The maximum atomic E-state index is 14.1. The highest BCUT2D eigenvalue weighted by Crippen LogP contribution is 2.51.